The third-order valence-corrected chi connectivity index (χ3v) is 2.55. The van der Waals surface area contributed by atoms with E-state index in [4.69, 9.17) is 15.2 Å². The van der Waals surface area contributed by atoms with Crippen molar-refractivity contribution in [3.8, 4) is 0 Å². The molecule has 0 aliphatic carbocycles. The molecule has 0 spiro atoms. The van der Waals surface area contributed by atoms with E-state index in [1.54, 1.807) is 32.9 Å². The molecular formula is C15H22N2O4. The summed E-state index contributed by atoms with van der Waals surface area (Å²) in [5.41, 5.74) is 7.00. The molecule has 0 bridgehead atoms. The van der Waals surface area contributed by atoms with E-state index < -0.39 is 17.7 Å². The molecule has 1 rings (SSSR count). The third kappa shape index (κ3) is 5.83. The molecule has 0 unspecified atom stereocenters. The van der Waals surface area contributed by atoms with Crippen molar-refractivity contribution in [2.45, 2.75) is 39.5 Å². The molecule has 21 heavy (non-hydrogen) atoms. The summed E-state index contributed by atoms with van der Waals surface area (Å²) >= 11 is 0. The van der Waals surface area contributed by atoms with Crippen LogP contribution < -0.4 is 11.1 Å². The van der Waals surface area contributed by atoms with Crippen LogP contribution in [0, 0.1) is 0 Å². The number of rotatable bonds is 4. The van der Waals surface area contributed by atoms with Crippen molar-refractivity contribution in [1.29, 1.82) is 0 Å². The van der Waals surface area contributed by atoms with Gasteiger partial charge in [-0.05, 0) is 44.0 Å². The second kappa shape index (κ2) is 7.08. The molecule has 116 valence electrons. The average molecular weight is 294 g/mol. The summed E-state index contributed by atoms with van der Waals surface area (Å²) in [4.78, 5) is 23.2. The predicted molar refractivity (Wildman–Crippen MR) is 78.7 cm³/mol. The minimum absolute atomic E-state index is 0.243. The van der Waals surface area contributed by atoms with Gasteiger partial charge in [0.15, 0.2) is 0 Å². The number of benzene rings is 1. The van der Waals surface area contributed by atoms with Crippen LogP contribution in [-0.4, -0.2) is 24.8 Å². The van der Waals surface area contributed by atoms with Crippen molar-refractivity contribution in [1.82, 2.24) is 5.32 Å². The lowest BCUT2D eigenvalue weighted by atomic mass is 10.1. The molecule has 0 aliphatic heterocycles. The van der Waals surface area contributed by atoms with Crippen molar-refractivity contribution >= 4 is 12.1 Å². The molecule has 3 N–H and O–H groups in total. The number of nitrogens with one attached hydrogen (secondary N) is 1. The summed E-state index contributed by atoms with van der Waals surface area (Å²) < 4.78 is 9.84. The molecule has 6 heteroatoms. The van der Waals surface area contributed by atoms with Crippen LogP contribution in [0.15, 0.2) is 18.2 Å². The molecule has 0 radical (unpaired) electrons. The maximum atomic E-state index is 11.6. The Balaban J connectivity index is 2.79. The van der Waals surface area contributed by atoms with E-state index in [-0.39, 0.29) is 6.54 Å². The second-order valence-electron chi connectivity index (χ2n) is 5.59. The summed E-state index contributed by atoms with van der Waals surface area (Å²) in [5, 5.41) is 2.64. The number of esters is 1. The highest BCUT2D eigenvalue weighted by Gasteiger charge is 2.16. The van der Waals surface area contributed by atoms with Gasteiger partial charge in [-0.3, -0.25) is 0 Å². The summed E-state index contributed by atoms with van der Waals surface area (Å²) in [6.45, 7) is 5.90. The van der Waals surface area contributed by atoms with Gasteiger partial charge in [0.1, 0.15) is 5.60 Å². The number of ether oxygens (including phenoxy) is 2. The quantitative estimate of drug-likeness (QED) is 0.828. The van der Waals surface area contributed by atoms with Gasteiger partial charge >= 0.3 is 12.1 Å². The fraction of sp³-hybridized carbons (Fsp3) is 0.467. The average Bonchev–Trinajstić information content (AvgIpc) is 2.42. The van der Waals surface area contributed by atoms with E-state index in [0.29, 0.717) is 12.1 Å². The minimum atomic E-state index is -0.555. The molecule has 0 aliphatic rings. The van der Waals surface area contributed by atoms with Gasteiger partial charge in [-0.15, -0.1) is 0 Å². The van der Waals surface area contributed by atoms with E-state index in [1.807, 2.05) is 6.07 Å². The molecule has 0 heterocycles. The summed E-state index contributed by atoms with van der Waals surface area (Å²) in [5.74, 6) is -0.441. The van der Waals surface area contributed by atoms with E-state index in [2.05, 4.69) is 5.32 Å². The fourth-order valence-electron chi connectivity index (χ4n) is 1.71. The Labute approximate surface area is 124 Å². The largest absolute Gasteiger partial charge is 0.465 e. The van der Waals surface area contributed by atoms with Crippen molar-refractivity contribution in [3.05, 3.63) is 34.9 Å². The molecule has 1 aromatic rings. The number of hydrogen-bond acceptors (Lipinski definition) is 5. The Kier molecular flexibility index (Phi) is 5.72. The SMILES string of the molecule is COC(=O)c1cc(CN)cc(CNC(=O)OC(C)(C)C)c1. The van der Waals surface area contributed by atoms with Gasteiger partial charge in [0.2, 0.25) is 0 Å². The van der Waals surface area contributed by atoms with Crippen LogP contribution in [0.1, 0.15) is 42.3 Å². The molecule has 1 amide bonds. The molecule has 0 saturated carbocycles. The lowest BCUT2D eigenvalue weighted by Crippen LogP contribution is -2.32. The number of nitrogens with two attached hydrogens (primary N) is 1. The molecule has 0 aromatic heterocycles. The van der Waals surface area contributed by atoms with E-state index in [1.165, 1.54) is 7.11 Å². The number of methoxy groups -OCH3 is 1. The molecule has 0 saturated heterocycles. The highest BCUT2D eigenvalue weighted by atomic mass is 16.6. The van der Waals surface area contributed by atoms with Gasteiger partial charge in [-0.1, -0.05) is 6.07 Å². The first kappa shape index (κ1) is 17.0. The van der Waals surface area contributed by atoms with Crippen molar-refractivity contribution < 1.29 is 19.1 Å². The summed E-state index contributed by atoms with van der Waals surface area (Å²) in [6, 6.07) is 5.15. The second-order valence-corrected chi connectivity index (χ2v) is 5.59. The Hall–Kier alpha value is -2.08. The first-order valence-corrected chi connectivity index (χ1v) is 6.63. The zero-order chi connectivity index (χ0) is 16.0. The topological polar surface area (TPSA) is 90.6 Å². The third-order valence-electron chi connectivity index (χ3n) is 2.55. The van der Waals surface area contributed by atoms with E-state index in [0.717, 1.165) is 11.1 Å². The lowest BCUT2D eigenvalue weighted by molar-refractivity contribution is 0.0523. The van der Waals surface area contributed by atoms with Crippen molar-refractivity contribution in [2.24, 2.45) is 5.73 Å². The van der Waals surface area contributed by atoms with Crippen LogP contribution in [0.2, 0.25) is 0 Å². The minimum Gasteiger partial charge on any atom is -0.465 e. The number of carbonyl (C=O) groups is 2. The van der Waals surface area contributed by atoms with Crippen LogP contribution in [0.3, 0.4) is 0 Å². The Morgan fingerprint density at radius 3 is 2.33 bits per heavy atom. The zero-order valence-corrected chi connectivity index (χ0v) is 12.9. The van der Waals surface area contributed by atoms with E-state index >= 15 is 0 Å². The van der Waals surface area contributed by atoms with Crippen LogP contribution in [0.4, 0.5) is 4.79 Å². The summed E-state index contributed by atoms with van der Waals surface area (Å²) in [6.07, 6.45) is -0.514. The molecule has 0 fully saturated rings. The van der Waals surface area contributed by atoms with Crippen molar-refractivity contribution in [3.63, 3.8) is 0 Å². The normalized spacial score (nSPS) is 10.9. The lowest BCUT2D eigenvalue weighted by Gasteiger charge is -2.19. The van der Waals surface area contributed by atoms with Gasteiger partial charge in [-0.25, -0.2) is 9.59 Å². The van der Waals surface area contributed by atoms with Gasteiger partial charge in [0, 0.05) is 13.1 Å². The maximum Gasteiger partial charge on any atom is 0.407 e. The number of alkyl carbamates (subject to hydrolysis) is 1. The molecule has 6 nitrogen and oxygen atoms in total. The fourth-order valence-corrected chi connectivity index (χ4v) is 1.71. The van der Waals surface area contributed by atoms with Gasteiger partial charge in [-0.2, -0.15) is 0 Å². The maximum absolute atomic E-state index is 11.6. The molecule has 0 atom stereocenters. The van der Waals surface area contributed by atoms with Gasteiger partial charge < -0.3 is 20.5 Å². The Morgan fingerprint density at radius 1 is 1.19 bits per heavy atom. The van der Waals surface area contributed by atoms with Crippen LogP contribution in [0.5, 0.6) is 0 Å². The monoisotopic (exact) mass is 294 g/mol. The first-order chi connectivity index (χ1) is 9.75. The number of hydrogen-bond donors (Lipinski definition) is 2. The van der Waals surface area contributed by atoms with Crippen LogP contribution in [0.25, 0.3) is 0 Å². The van der Waals surface area contributed by atoms with Gasteiger partial charge in [0.25, 0.3) is 0 Å². The number of amides is 1. The summed E-state index contributed by atoms with van der Waals surface area (Å²) in [7, 11) is 1.32. The molecule has 1 aromatic carbocycles. The van der Waals surface area contributed by atoms with Gasteiger partial charge in [0.05, 0.1) is 12.7 Å². The highest BCUT2D eigenvalue weighted by Crippen LogP contribution is 2.12. The van der Waals surface area contributed by atoms with E-state index in [9.17, 15) is 9.59 Å². The predicted octanol–water partition coefficient (Wildman–Crippen LogP) is 1.96. The standard InChI is InChI=1S/C15H22N2O4/c1-15(2,3)21-14(19)17-9-11-5-10(8-16)6-12(7-11)13(18)20-4/h5-7H,8-9,16H2,1-4H3,(H,17,19). The Morgan fingerprint density at radius 2 is 1.81 bits per heavy atom. The Bertz CT molecular complexity index is 521. The van der Waals surface area contributed by atoms with Crippen LogP contribution in [-0.2, 0) is 22.6 Å². The highest BCUT2D eigenvalue weighted by molar-refractivity contribution is 5.89. The zero-order valence-electron chi connectivity index (χ0n) is 12.9. The first-order valence-electron chi connectivity index (χ1n) is 6.63. The number of carbonyl (C=O) groups excluding carboxylic acids is 2. The smallest absolute Gasteiger partial charge is 0.407 e. The van der Waals surface area contributed by atoms with Crippen LogP contribution >= 0.6 is 0 Å². The molecular weight excluding hydrogens is 272 g/mol. The van der Waals surface area contributed by atoms with Crippen molar-refractivity contribution in [2.75, 3.05) is 7.11 Å².